The van der Waals surface area contributed by atoms with Crippen LogP contribution in [0.3, 0.4) is 0 Å². The predicted octanol–water partition coefficient (Wildman–Crippen LogP) is -3.43. The summed E-state index contributed by atoms with van der Waals surface area (Å²) in [6.07, 6.45) is -13.6. The third kappa shape index (κ3) is 11.6. The lowest BCUT2D eigenvalue weighted by Crippen LogP contribution is -2.68. The Balaban J connectivity index is 1.49. The zero-order valence-electron chi connectivity index (χ0n) is 31.3. The molecule has 0 saturated carbocycles. The molecule has 5 amide bonds. The van der Waals surface area contributed by atoms with Crippen LogP contribution in [0.4, 0.5) is 4.79 Å². The molecule has 0 aliphatic carbocycles. The molecule has 0 aromatic rings. The number of hydrogen-bond donors (Lipinski definition) is 11. The number of allylic oxidation sites excluding steroid dienone is 1. The first-order chi connectivity index (χ1) is 26.0. The van der Waals surface area contributed by atoms with Crippen LogP contribution < -0.4 is 16.0 Å². The van der Waals surface area contributed by atoms with E-state index in [1.54, 1.807) is 6.08 Å². The molecule has 0 bridgehead atoms. The Bertz CT molecular complexity index is 1320. The Morgan fingerprint density at radius 2 is 1.49 bits per heavy atom. The van der Waals surface area contributed by atoms with Gasteiger partial charge in [-0.1, -0.05) is 45.6 Å². The maximum Gasteiger partial charge on any atom is 0.326 e. The molecule has 0 aromatic heterocycles. The van der Waals surface area contributed by atoms with E-state index in [2.05, 4.69) is 29.8 Å². The van der Waals surface area contributed by atoms with Gasteiger partial charge in [0.1, 0.15) is 60.9 Å². The van der Waals surface area contributed by atoms with E-state index in [-0.39, 0.29) is 13.0 Å². The molecule has 4 fully saturated rings. The van der Waals surface area contributed by atoms with Gasteiger partial charge in [-0.15, -0.1) is 0 Å². The molecule has 15 atom stereocenters. The molecule has 0 radical (unpaired) electrons. The van der Waals surface area contributed by atoms with Gasteiger partial charge in [-0.2, -0.15) is 0 Å². The zero-order valence-corrected chi connectivity index (χ0v) is 31.3. The van der Waals surface area contributed by atoms with Gasteiger partial charge in [-0.3, -0.25) is 24.6 Å². The molecular weight excluding hydrogens is 732 g/mol. The van der Waals surface area contributed by atoms with Gasteiger partial charge < -0.3 is 70.4 Å². The zero-order chi connectivity index (χ0) is 40.6. The molecule has 11 N–H and O–H groups in total. The Morgan fingerprint density at radius 3 is 2.11 bits per heavy atom. The number of carbonyl (C=O) groups excluding carboxylic acids is 4. The Labute approximate surface area is 318 Å². The van der Waals surface area contributed by atoms with E-state index in [9.17, 15) is 60.0 Å². The molecular formula is C35H58N4O16. The fourth-order valence-corrected chi connectivity index (χ4v) is 7.14. The predicted molar refractivity (Wildman–Crippen MR) is 187 cm³/mol. The number of rotatable bonds is 17. The molecule has 20 nitrogen and oxygen atoms in total. The average molecular weight is 791 g/mol. The maximum absolute atomic E-state index is 13.1. The standard InChI is InChI=1S/C35H58N4O16/c1-16(2)10-8-6-4-5-7-9-11-21(43)37-24-28(48)25(45)19(52-34(24)55-33-23(36-17(3)41)27(47)26(46)20(15-40)53-33)14-18(42)31-29(49)30(50)32(54-31)39-13-12-22(44)38-35(39)51/h9,11,16,18-20,23-34,40,42,45-50H,4-8,10,12-15H2,1-3H3,(H,36,41)(H,37,43)(H,38,44,51)/b11-9+/t18-,19+,20+,23+,24+,25-,26+,27+,28+,29-,30+,31+,32+,33+,34-/m0/s1. The van der Waals surface area contributed by atoms with Gasteiger partial charge in [0.15, 0.2) is 18.8 Å². The molecule has 4 saturated heterocycles. The van der Waals surface area contributed by atoms with E-state index in [4.69, 9.17) is 18.9 Å². The first-order valence-electron chi connectivity index (χ1n) is 18.9. The molecule has 4 rings (SSSR count). The van der Waals surface area contributed by atoms with Gasteiger partial charge in [0, 0.05) is 26.3 Å². The highest BCUT2D eigenvalue weighted by Crippen LogP contribution is 2.33. The monoisotopic (exact) mass is 790 g/mol. The van der Waals surface area contributed by atoms with E-state index < -0.39 is 129 Å². The van der Waals surface area contributed by atoms with Crippen LogP contribution >= 0.6 is 0 Å². The van der Waals surface area contributed by atoms with E-state index >= 15 is 0 Å². The number of urea groups is 1. The minimum Gasteiger partial charge on any atom is -0.394 e. The first-order valence-corrected chi connectivity index (χ1v) is 18.9. The minimum absolute atomic E-state index is 0.0996. The highest BCUT2D eigenvalue weighted by atomic mass is 16.8. The lowest BCUT2D eigenvalue weighted by molar-refractivity contribution is -0.346. The van der Waals surface area contributed by atoms with Crippen LogP contribution in [0.5, 0.6) is 0 Å². The third-order valence-electron chi connectivity index (χ3n) is 10.2. The average Bonchev–Trinajstić information content (AvgIpc) is 3.42. The van der Waals surface area contributed by atoms with Crippen LogP contribution in [0.15, 0.2) is 12.2 Å². The van der Waals surface area contributed by atoms with Gasteiger partial charge in [-0.25, -0.2) is 4.79 Å². The number of aliphatic hydroxyl groups excluding tert-OH is 8. The van der Waals surface area contributed by atoms with Crippen LogP contribution in [-0.4, -0.2) is 175 Å². The number of ether oxygens (including phenoxy) is 4. The highest BCUT2D eigenvalue weighted by molar-refractivity contribution is 5.96. The minimum atomic E-state index is -1.84. The fourth-order valence-electron chi connectivity index (χ4n) is 7.14. The van der Waals surface area contributed by atoms with Gasteiger partial charge in [-0.05, 0) is 24.8 Å². The summed E-state index contributed by atoms with van der Waals surface area (Å²) in [6.45, 7) is 4.55. The largest absolute Gasteiger partial charge is 0.394 e. The van der Waals surface area contributed by atoms with Crippen molar-refractivity contribution < 1.29 is 79.0 Å². The van der Waals surface area contributed by atoms with Crippen LogP contribution in [0.2, 0.25) is 0 Å². The Morgan fingerprint density at radius 1 is 0.873 bits per heavy atom. The summed E-state index contributed by atoms with van der Waals surface area (Å²) in [6, 6.07) is -3.86. The molecule has 55 heavy (non-hydrogen) atoms. The molecule has 0 unspecified atom stereocenters. The summed E-state index contributed by atoms with van der Waals surface area (Å²) in [5.41, 5.74) is 0. The SMILES string of the molecule is CC(=O)N[C@H]1[C@@H](O[C@@H]2O[C@H](C[C@H](O)[C@H]3O[C@@H](N4CCC(=O)NC4=O)[C@H](O)[C@@H]3O)[C@H](O)[C@H](O)[C@H]2NC(=O)/C=C/CCCCCCC(C)C)O[C@H](CO)[C@@H](O)[C@@H]1O. The van der Waals surface area contributed by atoms with E-state index in [0.717, 1.165) is 43.9 Å². The topological polar surface area (TPSA) is 306 Å². The summed E-state index contributed by atoms with van der Waals surface area (Å²) in [7, 11) is 0. The molecule has 0 spiro atoms. The summed E-state index contributed by atoms with van der Waals surface area (Å²) < 4.78 is 23.3. The van der Waals surface area contributed by atoms with Gasteiger partial charge >= 0.3 is 6.03 Å². The normalized spacial score (nSPS) is 37.6. The Hall–Kier alpha value is -2.86. The second-order valence-corrected chi connectivity index (χ2v) is 15.0. The first kappa shape index (κ1) is 44.8. The summed E-state index contributed by atoms with van der Waals surface area (Å²) in [5, 5.41) is 93.3. The van der Waals surface area contributed by atoms with Gasteiger partial charge in [0.05, 0.1) is 18.8 Å². The number of hydrogen-bond acceptors (Lipinski definition) is 16. The van der Waals surface area contributed by atoms with Crippen molar-refractivity contribution >= 4 is 23.8 Å². The van der Waals surface area contributed by atoms with E-state index in [1.165, 1.54) is 6.08 Å². The molecule has 0 aromatic carbocycles. The summed E-state index contributed by atoms with van der Waals surface area (Å²) in [5.74, 6) is -1.26. The van der Waals surface area contributed by atoms with Gasteiger partial charge in [0.2, 0.25) is 17.7 Å². The van der Waals surface area contributed by atoms with Crippen LogP contribution in [0.1, 0.15) is 72.1 Å². The lowest BCUT2D eigenvalue weighted by Gasteiger charge is -2.47. The van der Waals surface area contributed by atoms with Crippen molar-refractivity contribution in [3.63, 3.8) is 0 Å². The van der Waals surface area contributed by atoms with Crippen molar-refractivity contribution in [1.29, 1.82) is 0 Å². The second kappa shape index (κ2) is 20.5. The van der Waals surface area contributed by atoms with Crippen molar-refractivity contribution in [3.05, 3.63) is 12.2 Å². The van der Waals surface area contributed by atoms with Crippen molar-refractivity contribution in [2.24, 2.45) is 5.92 Å². The maximum atomic E-state index is 13.1. The second-order valence-electron chi connectivity index (χ2n) is 15.0. The van der Waals surface area contributed by atoms with Crippen molar-refractivity contribution in [2.45, 2.75) is 164 Å². The van der Waals surface area contributed by atoms with Crippen LogP contribution in [0, 0.1) is 5.92 Å². The number of amides is 5. The lowest BCUT2D eigenvalue weighted by atomic mass is 9.91. The number of aliphatic hydroxyl groups is 8. The third-order valence-corrected chi connectivity index (χ3v) is 10.2. The Kier molecular flexibility index (Phi) is 16.7. The van der Waals surface area contributed by atoms with Crippen LogP contribution in [0.25, 0.3) is 0 Å². The van der Waals surface area contributed by atoms with E-state index in [0.29, 0.717) is 12.3 Å². The smallest absolute Gasteiger partial charge is 0.326 e. The summed E-state index contributed by atoms with van der Waals surface area (Å²) in [4.78, 5) is 50.1. The quantitative estimate of drug-likeness (QED) is 0.0505. The number of carbonyl (C=O) groups is 4. The fraction of sp³-hybridized carbons (Fsp3) is 0.829. The van der Waals surface area contributed by atoms with Crippen molar-refractivity contribution in [3.8, 4) is 0 Å². The molecule has 4 aliphatic heterocycles. The number of nitrogens with one attached hydrogen (secondary N) is 3. The highest BCUT2D eigenvalue weighted by Gasteiger charge is 2.54. The molecule has 314 valence electrons. The van der Waals surface area contributed by atoms with Crippen molar-refractivity contribution in [1.82, 2.24) is 20.9 Å². The van der Waals surface area contributed by atoms with Crippen molar-refractivity contribution in [2.75, 3.05) is 13.2 Å². The molecule has 4 aliphatic rings. The number of nitrogens with zero attached hydrogens (tertiary/aromatic N) is 1. The number of unbranched alkanes of at least 4 members (excludes halogenated alkanes) is 4. The van der Waals surface area contributed by atoms with Gasteiger partial charge in [0.25, 0.3) is 0 Å². The van der Waals surface area contributed by atoms with E-state index in [1.807, 2.05) is 0 Å². The summed E-state index contributed by atoms with van der Waals surface area (Å²) >= 11 is 0. The number of imide groups is 1. The molecule has 4 heterocycles. The molecule has 20 heteroatoms. The van der Waals surface area contributed by atoms with Crippen LogP contribution in [-0.2, 0) is 33.3 Å².